The predicted molar refractivity (Wildman–Crippen MR) is 119 cm³/mol. The molecule has 0 radical (unpaired) electrons. The van der Waals surface area contributed by atoms with Gasteiger partial charge in [-0.1, -0.05) is 6.07 Å². The Morgan fingerprint density at radius 3 is 2.45 bits per heavy atom. The third-order valence-corrected chi connectivity index (χ3v) is 7.33. The van der Waals surface area contributed by atoms with E-state index in [1.807, 2.05) is 0 Å². The van der Waals surface area contributed by atoms with Gasteiger partial charge in [0, 0.05) is 39.2 Å². The monoisotopic (exact) mass is 447 g/mol. The van der Waals surface area contributed by atoms with E-state index in [1.54, 1.807) is 20.4 Å². The third-order valence-electron chi connectivity index (χ3n) is 5.91. The standard InChI is InChI=1S/C21H29N5O4S/c1-25-14-17(13-22-25)26(10-5-11-30-2)31(28,29)24-21(27)23-20-18-8-3-6-15(18)12-16-7-4-9-19(16)20/h12-14H,3-11H2,1-2H3,(H2,23,24,27). The lowest BCUT2D eigenvalue weighted by molar-refractivity contribution is 0.197. The number of aryl methyl sites for hydroxylation is 3. The van der Waals surface area contributed by atoms with Gasteiger partial charge in [0.2, 0.25) is 0 Å². The molecule has 4 rings (SSSR count). The minimum atomic E-state index is -4.13. The number of nitrogens with zero attached hydrogens (tertiary/aromatic N) is 3. The summed E-state index contributed by atoms with van der Waals surface area (Å²) in [6, 6.07) is 1.53. The average Bonchev–Trinajstić information content (AvgIpc) is 3.45. The molecule has 9 nitrogen and oxygen atoms in total. The summed E-state index contributed by atoms with van der Waals surface area (Å²) in [4.78, 5) is 12.8. The fourth-order valence-corrected chi connectivity index (χ4v) is 5.69. The van der Waals surface area contributed by atoms with Gasteiger partial charge in [-0.25, -0.2) is 9.52 Å². The van der Waals surface area contributed by atoms with Crippen molar-refractivity contribution in [1.82, 2.24) is 14.5 Å². The summed E-state index contributed by atoms with van der Waals surface area (Å²) in [7, 11) is -0.858. The minimum Gasteiger partial charge on any atom is -0.385 e. The first kappa shape index (κ1) is 21.6. The van der Waals surface area contributed by atoms with Gasteiger partial charge in [0.1, 0.15) is 0 Å². The van der Waals surface area contributed by atoms with Crippen molar-refractivity contribution in [3.05, 3.63) is 40.7 Å². The number of carbonyl (C=O) groups is 1. The molecule has 2 N–H and O–H groups in total. The number of anilines is 2. The number of rotatable bonds is 8. The number of ether oxygens (including phenoxy) is 1. The second-order valence-corrected chi connectivity index (χ2v) is 9.68. The number of carbonyl (C=O) groups excluding carboxylic acids is 1. The lowest BCUT2D eigenvalue weighted by Gasteiger charge is -2.23. The summed E-state index contributed by atoms with van der Waals surface area (Å²) in [6.07, 6.45) is 9.47. The number of hydrogen-bond donors (Lipinski definition) is 2. The Morgan fingerprint density at radius 2 is 1.87 bits per heavy atom. The highest BCUT2D eigenvalue weighted by molar-refractivity contribution is 7.91. The van der Waals surface area contributed by atoms with Gasteiger partial charge in [0.05, 0.1) is 11.9 Å². The van der Waals surface area contributed by atoms with Gasteiger partial charge >= 0.3 is 16.2 Å². The molecule has 2 aromatic rings. The van der Waals surface area contributed by atoms with Crippen LogP contribution in [0.3, 0.4) is 0 Å². The van der Waals surface area contributed by atoms with E-state index in [2.05, 4.69) is 21.2 Å². The zero-order valence-corrected chi connectivity index (χ0v) is 18.8. The Bertz CT molecular complexity index is 1050. The highest BCUT2D eigenvalue weighted by atomic mass is 32.2. The van der Waals surface area contributed by atoms with Gasteiger partial charge < -0.3 is 10.1 Å². The molecule has 0 spiro atoms. The fourth-order valence-electron chi connectivity index (χ4n) is 4.56. The van der Waals surface area contributed by atoms with Crippen molar-refractivity contribution in [2.75, 3.05) is 29.9 Å². The number of aromatic nitrogens is 2. The molecule has 0 fully saturated rings. The van der Waals surface area contributed by atoms with Crippen LogP contribution in [0.1, 0.15) is 41.5 Å². The SMILES string of the molecule is COCCCN(c1cnn(C)c1)S(=O)(=O)NC(=O)Nc1c2c(cc3c1CCC3)CCC2. The van der Waals surface area contributed by atoms with Crippen LogP contribution in [0.5, 0.6) is 0 Å². The number of benzene rings is 1. The number of hydrogen-bond acceptors (Lipinski definition) is 5. The van der Waals surface area contributed by atoms with Crippen LogP contribution in [0.25, 0.3) is 0 Å². The van der Waals surface area contributed by atoms with Crippen LogP contribution in [0, 0.1) is 0 Å². The average molecular weight is 448 g/mol. The largest absolute Gasteiger partial charge is 0.385 e. The van der Waals surface area contributed by atoms with Crippen molar-refractivity contribution in [2.24, 2.45) is 7.05 Å². The molecular weight excluding hydrogens is 418 g/mol. The summed E-state index contributed by atoms with van der Waals surface area (Å²) in [5, 5.41) is 6.93. The Hall–Kier alpha value is -2.59. The lowest BCUT2D eigenvalue weighted by atomic mass is 9.99. The molecule has 31 heavy (non-hydrogen) atoms. The van der Waals surface area contributed by atoms with Crippen LogP contribution < -0.4 is 14.3 Å². The number of fused-ring (bicyclic) bond motifs is 2. The van der Waals surface area contributed by atoms with E-state index in [9.17, 15) is 13.2 Å². The van der Waals surface area contributed by atoms with Crippen LogP contribution >= 0.6 is 0 Å². The fraction of sp³-hybridized carbons (Fsp3) is 0.524. The molecule has 10 heteroatoms. The van der Waals surface area contributed by atoms with E-state index >= 15 is 0 Å². The number of amides is 2. The van der Waals surface area contributed by atoms with Gasteiger partial charge in [0.25, 0.3) is 0 Å². The van der Waals surface area contributed by atoms with Crippen molar-refractivity contribution < 1.29 is 17.9 Å². The van der Waals surface area contributed by atoms with Crippen molar-refractivity contribution in [3.8, 4) is 0 Å². The molecule has 1 heterocycles. The summed E-state index contributed by atoms with van der Waals surface area (Å²) in [6.45, 7) is 0.568. The molecule has 0 bridgehead atoms. The smallest absolute Gasteiger partial charge is 0.334 e. The minimum absolute atomic E-state index is 0.165. The third kappa shape index (κ3) is 4.54. The van der Waals surface area contributed by atoms with Gasteiger partial charge in [0.15, 0.2) is 0 Å². The van der Waals surface area contributed by atoms with E-state index in [4.69, 9.17) is 4.74 Å². The molecule has 1 aromatic carbocycles. The second-order valence-electron chi connectivity index (χ2n) is 8.09. The van der Waals surface area contributed by atoms with E-state index in [1.165, 1.54) is 22.0 Å². The van der Waals surface area contributed by atoms with Gasteiger partial charge in [-0.3, -0.25) is 8.99 Å². The van der Waals surface area contributed by atoms with E-state index in [0.717, 1.165) is 59.6 Å². The number of urea groups is 1. The number of nitrogens with one attached hydrogen (secondary N) is 2. The first-order valence-electron chi connectivity index (χ1n) is 10.6. The maximum absolute atomic E-state index is 13.1. The first-order chi connectivity index (χ1) is 14.9. The van der Waals surface area contributed by atoms with E-state index in [0.29, 0.717) is 18.7 Å². The van der Waals surface area contributed by atoms with Crippen LogP contribution in [0.4, 0.5) is 16.2 Å². The van der Waals surface area contributed by atoms with E-state index in [-0.39, 0.29) is 6.54 Å². The molecule has 0 saturated carbocycles. The maximum Gasteiger partial charge on any atom is 0.334 e. The van der Waals surface area contributed by atoms with Crippen molar-refractivity contribution >= 4 is 27.6 Å². The summed E-state index contributed by atoms with van der Waals surface area (Å²) in [5.41, 5.74) is 6.04. The Morgan fingerprint density at radius 1 is 1.19 bits per heavy atom. The molecule has 168 valence electrons. The normalized spacial score (nSPS) is 14.9. The van der Waals surface area contributed by atoms with Crippen LogP contribution in [0.15, 0.2) is 18.5 Å². The number of methoxy groups -OCH3 is 1. The summed E-state index contributed by atoms with van der Waals surface area (Å²) < 4.78 is 36.1. The zero-order chi connectivity index (χ0) is 22.0. The predicted octanol–water partition coefficient (Wildman–Crippen LogP) is 2.31. The first-order valence-corrected chi connectivity index (χ1v) is 12.1. The van der Waals surface area contributed by atoms with Crippen molar-refractivity contribution in [1.29, 1.82) is 0 Å². The Kier molecular flexibility index (Phi) is 6.19. The molecule has 0 saturated heterocycles. The van der Waals surface area contributed by atoms with Crippen molar-refractivity contribution in [2.45, 2.75) is 44.9 Å². The molecule has 2 aliphatic carbocycles. The zero-order valence-electron chi connectivity index (χ0n) is 18.0. The van der Waals surface area contributed by atoms with Gasteiger partial charge in [-0.2, -0.15) is 13.5 Å². The van der Waals surface area contributed by atoms with Crippen LogP contribution in [-0.4, -0.2) is 44.5 Å². The molecule has 2 aliphatic rings. The Labute approximate surface area is 182 Å². The lowest BCUT2D eigenvalue weighted by Crippen LogP contribution is -2.46. The molecule has 2 amide bonds. The molecule has 0 aliphatic heterocycles. The second kappa shape index (κ2) is 8.88. The Balaban J connectivity index is 1.54. The van der Waals surface area contributed by atoms with Gasteiger partial charge in [-0.05, 0) is 67.2 Å². The van der Waals surface area contributed by atoms with Gasteiger partial charge in [-0.15, -0.1) is 0 Å². The summed E-state index contributed by atoms with van der Waals surface area (Å²) >= 11 is 0. The van der Waals surface area contributed by atoms with Crippen molar-refractivity contribution in [3.63, 3.8) is 0 Å². The van der Waals surface area contributed by atoms with E-state index < -0.39 is 16.2 Å². The quantitative estimate of drug-likeness (QED) is 0.604. The van der Waals surface area contributed by atoms with Crippen LogP contribution in [0.2, 0.25) is 0 Å². The molecule has 1 aromatic heterocycles. The van der Waals surface area contributed by atoms with Crippen LogP contribution in [-0.2, 0) is 47.7 Å². The highest BCUT2D eigenvalue weighted by Crippen LogP contribution is 2.38. The topological polar surface area (TPSA) is 106 Å². The molecule has 0 atom stereocenters. The molecule has 0 unspecified atom stereocenters. The summed E-state index contributed by atoms with van der Waals surface area (Å²) in [5.74, 6) is 0. The highest BCUT2D eigenvalue weighted by Gasteiger charge is 2.28. The maximum atomic E-state index is 13.1. The molecular formula is C21H29N5O4S.